The summed E-state index contributed by atoms with van der Waals surface area (Å²) in [6.07, 6.45) is 0.479. The van der Waals surface area contributed by atoms with Crippen LogP contribution in [0.4, 0.5) is 5.69 Å². The lowest BCUT2D eigenvalue weighted by Crippen LogP contribution is -2.31. The van der Waals surface area contributed by atoms with Crippen molar-refractivity contribution >= 4 is 11.6 Å². The summed E-state index contributed by atoms with van der Waals surface area (Å²) >= 11 is 0. The van der Waals surface area contributed by atoms with E-state index in [1.807, 2.05) is 38.1 Å². The number of anilines is 1. The zero-order valence-corrected chi connectivity index (χ0v) is 11.3. The molecule has 0 aliphatic heterocycles. The van der Waals surface area contributed by atoms with Gasteiger partial charge in [-0.05, 0) is 31.5 Å². The molecule has 4 heteroatoms. The van der Waals surface area contributed by atoms with Crippen LogP contribution in [0.5, 0.6) is 0 Å². The predicted octanol–water partition coefficient (Wildman–Crippen LogP) is 2.16. The summed E-state index contributed by atoms with van der Waals surface area (Å²) in [4.78, 5) is 11.4. The zero-order valence-electron chi connectivity index (χ0n) is 11.3. The summed E-state index contributed by atoms with van der Waals surface area (Å²) < 4.78 is 5.08. The number of nitrogens with one attached hydrogen (secondary N) is 2. The lowest BCUT2D eigenvalue weighted by Gasteiger charge is -2.10. The Labute approximate surface area is 109 Å². The van der Waals surface area contributed by atoms with E-state index in [2.05, 4.69) is 10.6 Å². The molecule has 1 aromatic carbocycles. The highest BCUT2D eigenvalue weighted by Gasteiger charge is 2.02. The van der Waals surface area contributed by atoms with Gasteiger partial charge >= 0.3 is 0 Å². The first-order valence-electron chi connectivity index (χ1n) is 6.23. The molecule has 0 aromatic heterocycles. The van der Waals surface area contributed by atoms with Gasteiger partial charge in [0.25, 0.3) is 0 Å². The average Bonchev–Trinajstić information content (AvgIpc) is 2.29. The van der Waals surface area contributed by atoms with E-state index < -0.39 is 0 Å². The number of ether oxygens (including phenoxy) is 1. The second kappa shape index (κ2) is 7.71. The van der Waals surface area contributed by atoms with Gasteiger partial charge in [-0.1, -0.05) is 12.1 Å². The number of carbonyl (C=O) groups excluding carboxylic acids is 1. The first-order chi connectivity index (χ1) is 8.61. The summed E-state index contributed by atoms with van der Waals surface area (Å²) in [5.74, 6) is 0.0746. The fraction of sp³-hybridized carbons (Fsp3) is 0.500. The standard InChI is InChI=1S/C14H22N2O2/c1-11(2)16-14(17)7-8-15-13-6-4-5-12(9-13)10-18-3/h4-6,9,11,15H,7-8,10H2,1-3H3,(H,16,17). The van der Waals surface area contributed by atoms with Gasteiger partial charge in [0.1, 0.15) is 0 Å². The third kappa shape index (κ3) is 5.68. The first-order valence-corrected chi connectivity index (χ1v) is 6.23. The normalized spacial score (nSPS) is 10.4. The molecular formula is C14H22N2O2. The van der Waals surface area contributed by atoms with Gasteiger partial charge in [-0.15, -0.1) is 0 Å². The van der Waals surface area contributed by atoms with Crippen LogP contribution in [-0.2, 0) is 16.1 Å². The third-order valence-corrected chi connectivity index (χ3v) is 2.37. The monoisotopic (exact) mass is 250 g/mol. The van der Waals surface area contributed by atoms with Gasteiger partial charge in [-0.3, -0.25) is 4.79 Å². The average molecular weight is 250 g/mol. The zero-order chi connectivity index (χ0) is 13.4. The summed E-state index contributed by atoms with van der Waals surface area (Å²) in [7, 11) is 1.68. The van der Waals surface area contributed by atoms with Crippen LogP contribution in [0.2, 0.25) is 0 Å². The molecule has 0 spiro atoms. The van der Waals surface area contributed by atoms with E-state index in [0.717, 1.165) is 11.3 Å². The van der Waals surface area contributed by atoms with Crippen LogP contribution in [0.25, 0.3) is 0 Å². The molecule has 0 fully saturated rings. The van der Waals surface area contributed by atoms with Crippen molar-refractivity contribution in [2.45, 2.75) is 32.9 Å². The van der Waals surface area contributed by atoms with Crippen LogP contribution < -0.4 is 10.6 Å². The fourth-order valence-electron chi connectivity index (χ4n) is 1.65. The Balaban J connectivity index is 2.34. The molecule has 1 amide bonds. The minimum Gasteiger partial charge on any atom is -0.385 e. The van der Waals surface area contributed by atoms with Gasteiger partial charge in [0.15, 0.2) is 0 Å². The molecule has 100 valence electrons. The number of carbonyl (C=O) groups is 1. The van der Waals surface area contributed by atoms with Crippen LogP contribution in [0.1, 0.15) is 25.8 Å². The molecule has 4 nitrogen and oxygen atoms in total. The molecule has 1 rings (SSSR count). The van der Waals surface area contributed by atoms with Crippen molar-refractivity contribution in [2.75, 3.05) is 19.0 Å². The number of amides is 1. The number of benzene rings is 1. The highest BCUT2D eigenvalue weighted by atomic mass is 16.5. The summed E-state index contributed by atoms with van der Waals surface area (Å²) in [6, 6.07) is 8.21. The highest BCUT2D eigenvalue weighted by molar-refractivity contribution is 5.76. The number of hydrogen-bond acceptors (Lipinski definition) is 3. The van der Waals surface area contributed by atoms with Gasteiger partial charge in [-0.25, -0.2) is 0 Å². The topological polar surface area (TPSA) is 50.4 Å². The molecule has 1 aromatic rings. The van der Waals surface area contributed by atoms with Crippen molar-refractivity contribution in [3.8, 4) is 0 Å². The van der Waals surface area contributed by atoms with Crippen LogP contribution in [-0.4, -0.2) is 25.6 Å². The van der Waals surface area contributed by atoms with Gasteiger partial charge < -0.3 is 15.4 Å². The lowest BCUT2D eigenvalue weighted by atomic mass is 10.2. The second-order valence-corrected chi connectivity index (χ2v) is 4.53. The molecule has 0 bridgehead atoms. The maximum Gasteiger partial charge on any atom is 0.221 e. The quantitative estimate of drug-likeness (QED) is 0.779. The van der Waals surface area contributed by atoms with Gasteiger partial charge in [0, 0.05) is 31.8 Å². The Morgan fingerprint density at radius 2 is 2.17 bits per heavy atom. The SMILES string of the molecule is COCc1cccc(NCCC(=O)NC(C)C)c1. The summed E-state index contributed by atoms with van der Waals surface area (Å²) in [5, 5.41) is 6.09. The van der Waals surface area contributed by atoms with Crippen LogP contribution in [0, 0.1) is 0 Å². The summed E-state index contributed by atoms with van der Waals surface area (Å²) in [5.41, 5.74) is 2.14. The molecule has 0 radical (unpaired) electrons. The smallest absolute Gasteiger partial charge is 0.221 e. The predicted molar refractivity (Wildman–Crippen MR) is 73.5 cm³/mol. The molecule has 0 saturated heterocycles. The molecule has 0 unspecified atom stereocenters. The first kappa shape index (κ1) is 14.5. The molecule has 0 aliphatic carbocycles. The Morgan fingerprint density at radius 1 is 1.39 bits per heavy atom. The van der Waals surface area contributed by atoms with Crippen LogP contribution in [0.3, 0.4) is 0 Å². The Bertz CT molecular complexity index is 378. The Morgan fingerprint density at radius 3 is 2.83 bits per heavy atom. The lowest BCUT2D eigenvalue weighted by molar-refractivity contribution is -0.121. The molecular weight excluding hydrogens is 228 g/mol. The highest BCUT2D eigenvalue weighted by Crippen LogP contribution is 2.11. The second-order valence-electron chi connectivity index (χ2n) is 4.53. The Hall–Kier alpha value is -1.55. The van der Waals surface area contributed by atoms with E-state index in [1.54, 1.807) is 7.11 Å². The van der Waals surface area contributed by atoms with E-state index in [9.17, 15) is 4.79 Å². The van der Waals surface area contributed by atoms with E-state index in [1.165, 1.54) is 0 Å². The molecule has 0 heterocycles. The van der Waals surface area contributed by atoms with Crippen molar-refractivity contribution in [1.82, 2.24) is 5.32 Å². The van der Waals surface area contributed by atoms with Crippen molar-refractivity contribution in [3.05, 3.63) is 29.8 Å². The van der Waals surface area contributed by atoms with Crippen molar-refractivity contribution < 1.29 is 9.53 Å². The molecule has 18 heavy (non-hydrogen) atoms. The minimum absolute atomic E-state index is 0.0746. The van der Waals surface area contributed by atoms with Crippen molar-refractivity contribution in [3.63, 3.8) is 0 Å². The largest absolute Gasteiger partial charge is 0.385 e. The molecule has 0 aliphatic rings. The maximum atomic E-state index is 11.4. The number of rotatable bonds is 7. The third-order valence-electron chi connectivity index (χ3n) is 2.37. The van der Waals surface area contributed by atoms with Crippen LogP contribution in [0.15, 0.2) is 24.3 Å². The summed E-state index contributed by atoms with van der Waals surface area (Å²) in [6.45, 7) is 5.15. The van der Waals surface area contributed by atoms with E-state index in [0.29, 0.717) is 19.6 Å². The number of methoxy groups -OCH3 is 1. The van der Waals surface area contributed by atoms with Gasteiger partial charge in [0.2, 0.25) is 5.91 Å². The van der Waals surface area contributed by atoms with Crippen molar-refractivity contribution in [2.24, 2.45) is 0 Å². The van der Waals surface area contributed by atoms with E-state index in [-0.39, 0.29) is 11.9 Å². The van der Waals surface area contributed by atoms with Crippen molar-refractivity contribution in [1.29, 1.82) is 0 Å². The fourth-order valence-corrected chi connectivity index (χ4v) is 1.65. The minimum atomic E-state index is 0.0746. The molecule has 0 atom stereocenters. The molecule has 0 saturated carbocycles. The van der Waals surface area contributed by atoms with Gasteiger partial charge in [0.05, 0.1) is 6.61 Å². The van der Waals surface area contributed by atoms with E-state index in [4.69, 9.17) is 4.74 Å². The number of hydrogen-bond donors (Lipinski definition) is 2. The van der Waals surface area contributed by atoms with Crippen LogP contribution >= 0.6 is 0 Å². The molecule has 2 N–H and O–H groups in total. The van der Waals surface area contributed by atoms with E-state index >= 15 is 0 Å². The van der Waals surface area contributed by atoms with Gasteiger partial charge in [-0.2, -0.15) is 0 Å². The maximum absolute atomic E-state index is 11.4. The Kier molecular flexibility index (Phi) is 6.22.